The fourth-order valence-corrected chi connectivity index (χ4v) is 5.42. The summed E-state index contributed by atoms with van der Waals surface area (Å²) >= 11 is 6.35. The van der Waals surface area contributed by atoms with Gasteiger partial charge in [0.2, 0.25) is 0 Å². The highest BCUT2D eigenvalue weighted by atomic mass is 35.5. The maximum absolute atomic E-state index is 13.6. The molecule has 8 heteroatoms. The lowest BCUT2D eigenvalue weighted by molar-refractivity contribution is 0.0934. The van der Waals surface area contributed by atoms with E-state index >= 15 is 0 Å². The Morgan fingerprint density at radius 2 is 1.73 bits per heavy atom. The van der Waals surface area contributed by atoms with Crippen molar-refractivity contribution >= 4 is 39.4 Å². The number of hydrogen-bond acceptors (Lipinski definition) is 4. The predicted molar refractivity (Wildman–Crippen MR) is 162 cm³/mol. The van der Waals surface area contributed by atoms with Gasteiger partial charge in [-0.15, -0.1) is 0 Å². The van der Waals surface area contributed by atoms with Crippen molar-refractivity contribution in [3.63, 3.8) is 0 Å². The van der Waals surface area contributed by atoms with Gasteiger partial charge >= 0.3 is 0 Å². The molecule has 0 radical (unpaired) electrons. The van der Waals surface area contributed by atoms with Crippen LogP contribution in [-0.2, 0) is 13.0 Å². The van der Waals surface area contributed by atoms with Gasteiger partial charge in [-0.05, 0) is 65.7 Å². The first kappa shape index (κ1) is 26.5. The predicted octanol–water partition coefficient (Wildman–Crippen LogP) is 6.95. The molecule has 206 valence electrons. The molecule has 0 aliphatic rings. The van der Waals surface area contributed by atoms with E-state index in [1.807, 2.05) is 66.9 Å². The normalized spacial score (nSPS) is 12.0. The molecule has 0 aliphatic heterocycles. The third-order valence-corrected chi connectivity index (χ3v) is 7.52. The second kappa shape index (κ2) is 11.4. The van der Waals surface area contributed by atoms with E-state index in [-0.39, 0.29) is 5.91 Å². The van der Waals surface area contributed by atoms with Crippen molar-refractivity contribution in [2.75, 3.05) is 14.2 Å². The summed E-state index contributed by atoms with van der Waals surface area (Å²) in [5.41, 5.74) is 5.40. The Morgan fingerprint density at radius 3 is 2.51 bits per heavy atom. The van der Waals surface area contributed by atoms with Gasteiger partial charge in [-0.1, -0.05) is 41.9 Å². The summed E-state index contributed by atoms with van der Waals surface area (Å²) in [7, 11) is 3.25. The Balaban J connectivity index is 1.47. The van der Waals surface area contributed by atoms with Crippen molar-refractivity contribution in [2.45, 2.75) is 19.0 Å². The lowest BCUT2D eigenvalue weighted by atomic mass is 10.0. The van der Waals surface area contributed by atoms with Crippen molar-refractivity contribution in [2.24, 2.45) is 0 Å². The average Bonchev–Trinajstić information content (AvgIpc) is 3.57. The molecule has 1 unspecified atom stereocenters. The smallest absolute Gasteiger partial charge is 0.251 e. The summed E-state index contributed by atoms with van der Waals surface area (Å²) in [6.07, 6.45) is 2.53. The van der Waals surface area contributed by atoms with E-state index in [0.29, 0.717) is 29.3 Å². The van der Waals surface area contributed by atoms with Crippen molar-refractivity contribution in [1.29, 1.82) is 0 Å². The zero-order valence-corrected chi connectivity index (χ0v) is 23.5. The summed E-state index contributed by atoms with van der Waals surface area (Å²) < 4.78 is 13.0. The van der Waals surface area contributed by atoms with Gasteiger partial charge in [0.15, 0.2) is 0 Å². The number of aromatic nitrogens is 3. The van der Waals surface area contributed by atoms with Gasteiger partial charge in [-0.3, -0.25) is 4.79 Å². The molecule has 0 saturated carbocycles. The molecule has 0 saturated heterocycles. The van der Waals surface area contributed by atoms with Crippen LogP contribution in [0, 0.1) is 0 Å². The number of nitrogens with zero attached hydrogens (tertiary/aromatic N) is 2. The molecule has 1 atom stereocenters. The van der Waals surface area contributed by atoms with Crippen molar-refractivity contribution in [3.05, 3.63) is 125 Å². The van der Waals surface area contributed by atoms with Gasteiger partial charge < -0.3 is 24.3 Å². The largest absolute Gasteiger partial charge is 0.497 e. The monoisotopic (exact) mass is 564 g/mol. The second-order valence-corrected chi connectivity index (χ2v) is 10.3. The van der Waals surface area contributed by atoms with E-state index in [0.717, 1.165) is 44.6 Å². The molecule has 0 fully saturated rings. The van der Waals surface area contributed by atoms with Gasteiger partial charge in [0, 0.05) is 46.7 Å². The maximum atomic E-state index is 13.6. The molecule has 2 aromatic heterocycles. The Labute approximate surface area is 242 Å². The Morgan fingerprint density at radius 1 is 0.951 bits per heavy atom. The lowest BCUT2D eigenvalue weighted by Gasteiger charge is -2.21. The maximum Gasteiger partial charge on any atom is 0.251 e. The number of fused-ring (bicyclic) bond motifs is 2. The number of halogens is 1. The SMILES string of the molecule is COc1ccc(C(=O)NC(Cc2c[nH]c3ccccc23)c2nc3ccc(OC)cc3n2Cc2cccc(Cl)c2)cc1. The molecule has 2 heterocycles. The zero-order valence-electron chi connectivity index (χ0n) is 22.7. The molecule has 6 rings (SSSR count). The summed E-state index contributed by atoms with van der Waals surface area (Å²) in [6.45, 7) is 0.516. The van der Waals surface area contributed by atoms with Crippen LogP contribution < -0.4 is 14.8 Å². The number of carbonyl (C=O) groups excluding carboxylic acids is 1. The quantitative estimate of drug-likeness (QED) is 0.199. The third-order valence-electron chi connectivity index (χ3n) is 7.28. The number of imidazole rings is 1. The number of aromatic amines is 1. The van der Waals surface area contributed by atoms with Crippen molar-refractivity contribution in [3.8, 4) is 11.5 Å². The number of methoxy groups -OCH3 is 2. The summed E-state index contributed by atoms with van der Waals surface area (Å²) in [6, 6.07) is 28.4. The molecule has 0 aliphatic carbocycles. The Bertz CT molecular complexity index is 1840. The van der Waals surface area contributed by atoms with E-state index in [1.165, 1.54) is 0 Å². The highest BCUT2D eigenvalue weighted by molar-refractivity contribution is 6.30. The fraction of sp³-hybridized carbons (Fsp3) is 0.152. The van der Waals surface area contributed by atoms with Crippen molar-refractivity contribution in [1.82, 2.24) is 19.9 Å². The van der Waals surface area contributed by atoms with E-state index in [9.17, 15) is 4.79 Å². The number of nitrogens with one attached hydrogen (secondary N) is 2. The summed E-state index contributed by atoms with van der Waals surface area (Å²) in [5, 5.41) is 5.05. The topological polar surface area (TPSA) is 81.2 Å². The van der Waals surface area contributed by atoms with Crippen LogP contribution in [-0.4, -0.2) is 34.7 Å². The van der Waals surface area contributed by atoms with Gasteiger partial charge in [0.05, 0.1) is 31.3 Å². The minimum atomic E-state index is -0.443. The third kappa shape index (κ3) is 5.49. The molecule has 2 N–H and O–H groups in total. The number of carbonyl (C=O) groups is 1. The summed E-state index contributed by atoms with van der Waals surface area (Å²) in [5.74, 6) is 1.96. The highest BCUT2D eigenvalue weighted by Gasteiger charge is 2.25. The van der Waals surface area contributed by atoms with E-state index in [1.54, 1.807) is 38.5 Å². The molecule has 4 aromatic carbocycles. The van der Waals surface area contributed by atoms with Gasteiger partial charge in [-0.2, -0.15) is 0 Å². The van der Waals surface area contributed by atoms with Crippen LogP contribution in [0.2, 0.25) is 5.02 Å². The number of hydrogen-bond donors (Lipinski definition) is 2. The minimum absolute atomic E-state index is 0.198. The first-order valence-corrected chi connectivity index (χ1v) is 13.7. The minimum Gasteiger partial charge on any atom is -0.497 e. The van der Waals surface area contributed by atoms with Crippen molar-refractivity contribution < 1.29 is 14.3 Å². The second-order valence-electron chi connectivity index (χ2n) is 9.86. The van der Waals surface area contributed by atoms with Crippen LogP contribution in [0.25, 0.3) is 21.9 Å². The van der Waals surface area contributed by atoms with Gasteiger partial charge in [0.25, 0.3) is 5.91 Å². The number of benzene rings is 4. The van der Waals surface area contributed by atoms with Gasteiger partial charge in [-0.25, -0.2) is 4.98 Å². The molecule has 0 spiro atoms. The van der Waals surface area contributed by atoms with Crippen LogP contribution in [0.5, 0.6) is 11.5 Å². The van der Waals surface area contributed by atoms with E-state index < -0.39 is 6.04 Å². The van der Waals surface area contributed by atoms with Crippen LogP contribution in [0.15, 0.2) is 97.2 Å². The first-order chi connectivity index (χ1) is 20.0. The molecule has 6 aromatic rings. The number of ether oxygens (including phenoxy) is 2. The van der Waals surface area contributed by atoms with Crippen LogP contribution in [0.3, 0.4) is 0 Å². The van der Waals surface area contributed by atoms with Crippen LogP contribution in [0.4, 0.5) is 0 Å². The molecule has 0 bridgehead atoms. The number of amides is 1. The Hall–Kier alpha value is -4.75. The molecule has 7 nitrogen and oxygen atoms in total. The first-order valence-electron chi connectivity index (χ1n) is 13.3. The molecular weight excluding hydrogens is 536 g/mol. The average molecular weight is 565 g/mol. The number of rotatable bonds is 9. The Kier molecular flexibility index (Phi) is 7.35. The number of para-hydroxylation sites is 1. The summed E-state index contributed by atoms with van der Waals surface area (Å²) in [4.78, 5) is 22.0. The van der Waals surface area contributed by atoms with E-state index in [4.69, 9.17) is 26.1 Å². The molecule has 41 heavy (non-hydrogen) atoms. The lowest BCUT2D eigenvalue weighted by Crippen LogP contribution is -2.32. The van der Waals surface area contributed by atoms with E-state index in [2.05, 4.69) is 20.9 Å². The van der Waals surface area contributed by atoms with Crippen LogP contribution >= 0.6 is 11.6 Å². The molecule has 1 amide bonds. The molecular formula is C33H29ClN4O3. The fourth-order valence-electron chi connectivity index (χ4n) is 5.21. The zero-order chi connectivity index (χ0) is 28.3. The standard InChI is InChI=1S/C33H29ClN4O3/c1-40-25-12-10-22(11-13-25)33(39)37-30(17-23-19-35-28-9-4-3-8-27(23)28)32-36-29-15-14-26(41-2)18-31(29)38(32)20-21-6-5-7-24(34)16-21/h3-16,18-19,30,35H,17,20H2,1-2H3,(H,37,39). The highest BCUT2D eigenvalue weighted by Crippen LogP contribution is 2.30. The van der Waals surface area contributed by atoms with Crippen LogP contribution in [0.1, 0.15) is 33.4 Å². The number of H-pyrrole nitrogens is 1. The van der Waals surface area contributed by atoms with Gasteiger partial charge in [0.1, 0.15) is 17.3 Å².